The van der Waals surface area contributed by atoms with Crippen LogP contribution in [0.25, 0.3) is 0 Å². The maximum atomic E-state index is 3.77. The fourth-order valence-corrected chi connectivity index (χ4v) is 0.557. The van der Waals surface area contributed by atoms with E-state index >= 15 is 0 Å². The van der Waals surface area contributed by atoms with E-state index in [1.165, 1.54) is 0 Å². The van der Waals surface area contributed by atoms with Crippen molar-refractivity contribution in [2.24, 2.45) is 0 Å². The van der Waals surface area contributed by atoms with Gasteiger partial charge in [-0.15, -0.1) is 0 Å². The minimum absolute atomic E-state index is 1.01. The summed E-state index contributed by atoms with van der Waals surface area (Å²) in [6, 6.07) is 0. The molecule has 0 radical (unpaired) electrons. The van der Waals surface area contributed by atoms with E-state index in [-0.39, 0.29) is 0 Å². The lowest BCUT2D eigenvalue weighted by Gasteiger charge is -1.92. The lowest BCUT2D eigenvalue weighted by Crippen LogP contribution is -1.91. The first-order valence-corrected chi connectivity index (χ1v) is 2.84. The van der Waals surface area contributed by atoms with Crippen LogP contribution in [-0.2, 0) is 0 Å². The Balaban J connectivity index is 2.72. The second kappa shape index (κ2) is 2.92. The highest BCUT2D eigenvalue weighted by Gasteiger charge is 1.78. The summed E-state index contributed by atoms with van der Waals surface area (Å²) in [6.07, 6.45) is 11.4. The Morgan fingerprint density at radius 1 is 1.11 bits per heavy atom. The lowest BCUT2D eigenvalue weighted by atomic mass is 10.2. The first-order valence-electron chi connectivity index (χ1n) is 2.84. The van der Waals surface area contributed by atoms with Crippen molar-refractivity contribution in [3.05, 3.63) is 48.9 Å². The van der Waals surface area contributed by atoms with E-state index < -0.39 is 0 Å². The average Bonchev–Trinajstić information content (AvgIpc) is 1.79. The summed E-state index contributed by atoms with van der Waals surface area (Å²) in [4.78, 5) is 0. The zero-order valence-electron chi connectivity index (χ0n) is 5.17. The van der Waals surface area contributed by atoms with Gasteiger partial charge in [-0.3, -0.25) is 0 Å². The molecule has 9 heavy (non-hydrogen) atoms. The van der Waals surface area contributed by atoms with Gasteiger partial charge in [0.2, 0.25) is 0 Å². The monoisotopic (exact) mass is 119 g/mol. The van der Waals surface area contributed by atoms with Crippen molar-refractivity contribution in [3.8, 4) is 0 Å². The molecule has 1 heteroatoms. The normalized spacial score (nSPS) is 23.8. The molecule has 1 aliphatic rings. The fraction of sp³-hybridized carbons (Fsp3) is 0. The largest absolute Gasteiger partial charge is 0.368 e. The predicted octanol–water partition coefficient (Wildman–Crippen LogP) is 1.73. The fourth-order valence-electron chi connectivity index (χ4n) is 0.557. The van der Waals surface area contributed by atoms with E-state index in [0.717, 1.165) is 5.57 Å². The van der Waals surface area contributed by atoms with Gasteiger partial charge >= 0.3 is 0 Å². The molecule has 1 N–H and O–H groups in total. The van der Waals surface area contributed by atoms with Gasteiger partial charge in [0.25, 0.3) is 0 Å². The van der Waals surface area contributed by atoms with Gasteiger partial charge in [0.1, 0.15) is 0 Å². The number of hydrogen-bond donors (Lipinski definition) is 1. The number of nitrogens with one attached hydrogen (secondary N) is 1. The minimum Gasteiger partial charge on any atom is -0.368 e. The Hall–Kier alpha value is -1.24. The summed E-state index contributed by atoms with van der Waals surface area (Å²) in [5.41, 5.74) is 1.01. The number of allylic oxidation sites excluding steroid dienone is 5. The van der Waals surface area contributed by atoms with Crippen LogP contribution in [0.5, 0.6) is 0 Å². The summed E-state index contributed by atoms with van der Waals surface area (Å²) in [7, 11) is 0. The highest BCUT2D eigenvalue weighted by Crippen LogP contribution is 1.95. The van der Waals surface area contributed by atoms with Crippen molar-refractivity contribution < 1.29 is 0 Å². The Labute approximate surface area is 55.1 Å². The van der Waals surface area contributed by atoms with E-state index in [1.54, 1.807) is 0 Å². The summed E-state index contributed by atoms with van der Waals surface area (Å²) < 4.78 is 0. The molecule has 0 saturated heterocycles. The van der Waals surface area contributed by atoms with Gasteiger partial charge in [0.15, 0.2) is 0 Å². The summed E-state index contributed by atoms with van der Waals surface area (Å²) in [5, 5.41) is 2.94. The summed E-state index contributed by atoms with van der Waals surface area (Å²) in [5.74, 6) is 0. The van der Waals surface area contributed by atoms with E-state index in [4.69, 9.17) is 0 Å². The predicted molar refractivity (Wildman–Crippen MR) is 39.7 cm³/mol. The molecule has 0 aliphatic carbocycles. The Kier molecular flexibility index (Phi) is 1.91. The molecule has 0 saturated carbocycles. The molecule has 1 rings (SSSR count). The van der Waals surface area contributed by atoms with Gasteiger partial charge in [-0.2, -0.15) is 0 Å². The molecule has 0 spiro atoms. The molecule has 0 amide bonds. The molecule has 0 aromatic heterocycles. The van der Waals surface area contributed by atoms with Crippen LogP contribution in [0.2, 0.25) is 0 Å². The molecule has 0 atom stereocenters. The van der Waals surface area contributed by atoms with Crippen LogP contribution < -0.4 is 5.32 Å². The van der Waals surface area contributed by atoms with Crippen molar-refractivity contribution in [3.63, 3.8) is 0 Å². The maximum absolute atomic E-state index is 3.77. The van der Waals surface area contributed by atoms with Crippen LogP contribution in [0.3, 0.4) is 0 Å². The quantitative estimate of drug-likeness (QED) is 0.512. The number of rotatable bonds is 0. The van der Waals surface area contributed by atoms with E-state index in [9.17, 15) is 0 Å². The summed E-state index contributed by atoms with van der Waals surface area (Å²) >= 11 is 0. The molecule has 1 aliphatic heterocycles. The third-order valence-corrected chi connectivity index (χ3v) is 1.01. The Morgan fingerprint density at radius 2 is 2.00 bits per heavy atom. The van der Waals surface area contributed by atoms with Gasteiger partial charge in [-0.25, -0.2) is 0 Å². The van der Waals surface area contributed by atoms with Crippen LogP contribution in [0.4, 0.5) is 0 Å². The molecular weight excluding hydrogens is 110 g/mol. The Bertz CT molecular complexity index is 185. The zero-order chi connectivity index (χ0) is 6.53. The van der Waals surface area contributed by atoms with Crippen LogP contribution in [0, 0.1) is 0 Å². The van der Waals surface area contributed by atoms with E-state index in [1.807, 2.05) is 36.7 Å². The second-order valence-corrected chi connectivity index (χ2v) is 1.79. The Morgan fingerprint density at radius 3 is 2.89 bits per heavy atom. The highest BCUT2D eigenvalue weighted by molar-refractivity contribution is 5.30. The van der Waals surface area contributed by atoms with Crippen LogP contribution >= 0.6 is 0 Å². The van der Waals surface area contributed by atoms with Crippen LogP contribution in [0.1, 0.15) is 0 Å². The van der Waals surface area contributed by atoms with Crippen molar-refractivity contribution in [1.82, 2.24) is 5.32 Å². The zero-order valence-corrected chi connectivity index (χ0v) is 5.17. The molecular formula is C8H9N. The smallest absolute Gasteiger partial charge is 0.00102 e. The van der Waals surface area contributed by atoms with Gasteiger partial charge in [-0.05, 0) is 17.7 Å². The molecule has 46 valence electrons. The second-order valence-electron chi connectivity index (χ2n) is 1.79. The third kappa shape index (κ3) is 2.00. The number of hydrogen-bond acceptors (Lipinski definition) is 1. The van der Waals surface area contributed by atoms with Gasteiger partial charge in [-0.1, -0.05) is 18.7 Å². The minimum atomic E-state index is 1.01. The average molecular weight is 119 g/mol. The highest BCUT2D eigenvalue weighted by atomic mass is 14.8. The van der Waals surface area contributed by atoms with Gasteiger partial charge in [0, 0.05) is 12.4 Å². The summed E-state index contributed by atoms with van der Waals surface area (Å²) in [6.45, 7) is 3.77. The van der Waals surface area contributed by atoms with Crippen LogP contribution in [0.15, 0.2) is 48.9 Å². The van der Waals surface area contributed by atoms with Crippen molar-refractivity contribution in [2.45, 2.75) is 0 Å². The first kappa shape index (κ1) is 5.89. The molecule has 0 fully saturated rings. The molecule has 1 heterocycles. The first-order chi connectivity index (χ1) is 4.39. The van der Waals surface area contributed by atoms with Crippen LogP contribution in [-0.4, -0.2) is 0 Å². The van der Waals surface area contributed by atoms with E-state index in [0.29, 0.717) is 0 Å². The molecule has 0 unspecified atom stereocenters. The molecule has 0 aromatic rings. The van der Waals surface area contributed by atoms with Crippen molar-refractivity contribution >= 4 is 0 Å². The van der Waals surface area contributed by atoms with E-state index in [2.05, 4.69) is 11.9 Å². The lowest BCUT2D eigenvalue weighted by molar-refractivity contribution is 1.19. The van der Waals surface area contributed by atoms with Crippen molar-refractivity contribution in [1.29, 1.82) is 0 Å². The van der Waals surface area contributed by atoms with Gasteiger partial charge in [0.05, 0.1) is 0 Å². The molecule has 0 aromatic carbocycles. The topological polar surface area (TPSA) is 12.0 Å². The van der Waals surface area contributed by atoms with Crippen molar-refractivity contribution in [2.75, 3.05) is 0 Å². The maximum Gasteiger partial charge on any atom is 0.00102 e. The SMILES string of the molecule is C=C1/C=C\C=CN/C=C\1. The molecule has 0 bridgehead atoms. The van der Waals surface area contributed by atoms with Gasteiger partial charge < -0.3 is 5.32 Å². The third-order valence-electron chi connectivity index (χ3n) is 1.01. The standard InChI is InChI=1S/C8H9N/c1-8-4-2-3-6-9-7-5-8/h2-7,9H,1H2/b4-2-,6-3?,7-5-. The molecule has 1 nitrogen and oxygen atoms in total.